The van der Waals surface area contributed by atoms with E-state index >= 15 is 0 Å². The van der Waals surface area contributed by atoms with Crippen molar-refractivity contribution in [3.63, 3.8) is 0 Å². The molecule has 0 bridgehead atoms. The molecule has 0 aliphatic rings. The third-order valence-electron chi connectivity index (χ3n) is 0.927. The fourth-order valence-corrected chi connectivity index (χ4v) is 0.500. The Kier molecular flexibility index (Phi) is 3.06. The van der Waals surface area contributed by atoms with Crippen LogP contribution in [0.1, 0.15) is 41.4 Å². The van der Waals surface area contributed by atoms with Crippen LogP contribution < -0.4 is 0 Å². The Bertz CT molecular complexity index is 50.3. The largest absolute Gasteiger partial charge is 0.0654 e. The van der Waals surface area contributed by atoms with E-state index < -0.39 is 0 Å². The lowest BCUT2D eigenvalue weighted by atomic mass is 10.1. The van der Waals surface area contributed by atoms with Crippen molar-refractivity contribution in [1.82, 2.24) is 0 Å². The van der Waals surface area contributed by atoms with Gasteiger partial charge in [-0.15, -0.1) is 0 Å². The molecular formula is C7H16. The van der Waals surface area contributed by atoms with Crippen LogP contribution in [-0.4, -0.2) is 0 Å². The molecule has 0 aliphatic heterocycles. The quantitative estimate of drug-likeness (QED) is 0.512. The average Bonchev–Trinajstić information content (AvgIpc) is 1.67. The molecule has 0 unspecified atom stereocenters. The third kappa shape index (κ3) is 6.00. The molecule has 0 aliphatic carbocycles. The van der Waals surface area contributed by atoms with Crippen molar-refractivity contribution < 1.29 is 1.37 Å². The smallest absolute Gasteiger partial charge is 0.0269 e. The summed E-state index contributed by atoms with van der Waals surface area (Å²) in [5.74, 6) is 0.537. The number of hydrogen-bond donors (Lipinski definition) is 0. The minimum absolute atomic E-state index is 0.167. The molecule has 0 rings (SSSR count). The van der Waals surface area contributed by atoms with Gasteiger partial charge in [-0.1, -0.05) is 40.0 Å². The van der Waals surface area contributed by atoms with Gasteiger partial charge in [-0.2, -0.15) is 0 Å². The molecular weight excluding hydrogens is 84.1 g/mol. The molecule has 1 atom stereocenters. The van der Waals surface area contributed by atoms with E-state index in [4.69, 9.17) is 1.37 Å². The summed E-state index contributed by atoms with van der Waals surface area (Å²) in [5.41, 5.74) is 0. The lowest BCUT2D eigenvalue weighted by Crippen LogP contribution is -1.83. The van der Waals surface area contributed by atoms with Crippen molar-refractivity contribution in [2.24, 2.45) is 5.92 Å². The highest BCUT2D eigenvalue weighted by Gasteiger charge is 1.88. The van der Waals surface area contributed by atoms with E-state index in [0.717, 1.165) is 12.8 Å². The van der Waals surface area contributed by atoms with E-state index in [1.165, 1.54) is 0 Å². The van der Waals surface area contributed by atoms with Gasteiger partial charge in [-0.25, -0.2) is 0 Å². The minimum Gasteiger partial charge on any atom is -0.0654 e. The summed E-state index contributed by atoms with van der Waals surface area (Å²) in [7, 11) is 0. The fraction of sp³-hybridized carbons (Fsp3) is 1.00. The summed E-state index contributed by atoms with van der Waals surface area (Å²) in [5, 5.41) is 0. The zero-order chi connectivity index (χ0) is 6.57. The SMILES string of the molecule is [2H][C@H](CCC)C(C)C. The molecule has 0 amide bonds. The highest BCUT2D eigenvalue weighted by atomic mass is 13.9. The Hall–Kier alpha value is 0. The molecule has 0 aromatic carbocycles. The zero-order valence-electron chi connectivity index (χ0n) is 6.57. The van der Waals surface area contributed by atoms with Gasteiger partial charge in [-0.05, 0) is 5.92 Å². The topological polar surface area (TPSA) is 0 Å². The molecule has 0 fully saturated rings. The van der Waals surface area contributed by atoms with Crippen LogP contribution in [0.4, 0.5) is 0 Å². The highest BCUT2D eigenvalue weighted by molar-refractivity contribution is 4.42. The van der Waals surface area contributed by atoms with Gasteiger partial charge in [0.15, 0.2) is 0 Å². The van der Waals surface area contributed by atoms with Gasteiger partial charge in [0, 0.05) is 1.37 Å². The standard InChI is InChI=1S/C7H16/c1-4-5-6-7(2)3/h7H,4-6H2,1-3H3/i6D/t6-/m1/s1. The molecule has 7 heavy (non-hydrogen) atoms. The first kappa shape index (κ1) is 5.14. The second-order valence-corrected chi connectivity index (χ2v) is 2.27. The van der Waals surface area contributed by atoms with Crippen molar-refractivity contribution in [2.45, 2.75) is 40.0 Å². The van der Waals surface area contributed by atoms with Crippen molar-refractivity contribution in [3.05, 3.63) is 0 Å². The van der Waals surface area contributed by atoms with Gasteiger partial charge in [-0.3, -0.25) is 0 Å². The molecule has 0 nitrogen and oxygen atoms in total. The van der Waals surface area contributed by atoms with Crippen LogP contribution >= 0.6 is 0 Å². The molecule has 0 aromatic heterocycles. The lowest BCUT2D eigenvalue weighted by Gasteiger charge is -1.98. The summed E-state index contributed by atoms with van der Waals surface area (Å²) in [6.45, 7) is 6.34. The van der Waals surface area contributed by atoms with Crippen LogP contribution in [-0.2, 0) is 0 Å². The summed E-state index contributed by atoms with van der Waals surface area (Å²) in [6, 6.07) is 0. The first-order valence-electron chi connectivity index (χ1n) is 3.68. The first-order valence-corrected chi connectivity index (χ1v) is 3.10. The average molecular weight is 101 g/mol. The van der Waals surface area contributed by atoms with E-state index in [1.54, 1.807) is 0 Å². The fourth-order valence-electron chi connectivity index (χ4n) is 0.500. The Balaban J connectivity index is 3.17. The Morgan fingerprint density at radius 2 is 2.14 bits per heavy atom. The van der Waals surface area contributed by atoms with Crippen LogP contribution in [0.15, 0.2) is 0 Å². The van der Waals surface area contributed by atoms with Crippen molar-refractivity contribution in [2.75, 3.05) is 0 Å². The van der Waals surface area contributed by atoms with E-state index in [1.807, 2.05) is 0 Å². The van der Waals surface area contributed by atoms with E-state index in [-0.39, 0.29) is 6.40 Å². The summed E-state index contributed by atoms with van der Waals surface area (Å²) in [6.07, 6.45) is 2.37. The molecule has 44 valence electrons. The second kappa shape index (κ2) is 4.17. The normalized spacial score (nSPS) is 16.9. The van der Waals surface area contributed by atoms with Gasteiger partial charge >= 0.3 is 0 Å². The molecule has 0 saturated carbocycles. The minimum atomic E-state index is 0.167. The van der Waals surface area contributed by atoms with Gasteiger partial charge in [0.05, 0.1) is 0 Å². The van der Waals surface area contributed by atoms with Gasteiger partial charge in [0.2, 0.25) is 0 Å². The van der Waals surface area contributed by atoms with Crippen LogP contribution in [0.2, 0.25) is 0 Å². The van der Waals surface area contributed by atoms with Crippen LogP contribution in [0, 0.1) is 5.92 Å². The maximum Gasteiger partial charge on any atom is 0.0269 e. The van der Waals surface area contributed by atoms with E-state index in [2.05, 4.69) is 20.8 Å². The highest BCUT2D eigenvalue weighted by Crippen LogP contribution is 2.04. The Morgan fingerprint density at radius 3 is 2.29 bits per heavy atom. The van der Waals surface area contributed by atoms with Crippen molar-refractivity contribution >= 4 is 0 Å². The Labute approximate surface area is 48.3 Å². The van der Waals surface area contributed by atoms with Crippen molar-refractivity contribution in [1.29, 1.82) is 0 Å². The van der Waals surface area contributed by atoms with Crippen LogP contribution in [0.5, 0.6) is 0 Å². The molecule has 0 aromatic rings. The summed E-state index contributed by atoms with van der Waals surface area (Å²) >= 11 is 0. The molecule has 0 radical (unpaired) electrons. The third-order valence-corrected chi connectivity index (χ3v) is 0.927. The maximum atomic E-state index is 7.43. The predicted octanol–water partition coefficient (Wildman–Crippen LogP) is 2.83. The van der Waals surface area contributed by atoms with Gasteiger partial charge in [0.1, 0.15) is 0 Å². The monoisotopic (exact) mass is 101 g/mol. The lowest BCUT2D eigenvalue weighted by molar-refractivity contribution is 0.550. The molecule has 0 heteroatoms. The van der Waals surface area contributed by atoms with Gasteiger partial charge < -0.3 is 0 Å². The maximum absolute atomic E-state index is 7.43. The van der Waals surface area contributed by atoms with E-state index in [0.29, 0.717) is 5.92 Å². The summed E-state index contributed by atoms with van der Waals surface area (Å²) < 4.78 is 7.43. The predicted molar refractivity (Wildman–Crippen MR) is 34.4 cm³/mol. The number of hydrogen-bond acceptors (Lipinski definition) is 0. The molecule has 0 heterocycles. The second-order valence-electron chi connectivity index (χ2n) is 2.27. The molecule has 0 spiro atoms. The van der Waals surface area contributed by atoms with Gasteiger partial charge in [0.25, 0.3) is 0 Å². The Morgan fingerprint density at radius 1 is 1.57 bits per heavy atom. The van der Waals surface area contributed by atoms with Crippen LogP contribution in [0.3, 0.4) is 0 Å². The molecule has 0 saturated heterocycles. The zero-order valence-corrected chi connectivity index (χ0v) is 5.57. The molecule has 0 N–H and O–H groups in total. The number of rotatable bonds is 3. The van der Waals surface area contributed by atoms with Crippen LogP contribution in [0.25, 0.3) is 0 Å². The summed E-state index contributed by atoms with van der Waals surface area (Å²) in [4.78, 5) is 0. The first-order chi connectivity index (χ1) is 3.68. The van der Waals surface area contributed by atoms with E-state index in [9.17, 15) is 0 Å². The van der Waals surface area contributed by atoms with Crippen molar-refractivity contribution in [3.8, 4) is 0 Å².